The van der Waals surface area contributed by atoms with Gasteiger partial charge in [0.25, 0.3) is 0 Å². The van der Waals surface area contributed by atoms with Crippen LogP contribution in [0.4, 0.5) is 6.01 Å². The predicted molar refractivity (Wildman–Crippen MR) is 73.1 cm³/mol. The van der Waals surface area contributed by atoms with Crippen molar-refractivity contribution in [2.45, 2.75) is 58.2 Å². The summed E-state index contributed by atoms with van der Waals surface area (Å²) in [6, 6.07) is 0.549. The van der Waals surface area contributed by atoms with Gasteiger partial charge in [0.15, 0.2) is 0 Å². The van der Waals surface area contributed by atoms with Gasteiger partial charge in [-0.15, -0.1) is 5.10 Å². The van der Waals surface area contributed by atoms with Crippen LogP contribution >= 0.6 is 0 Å². The van der Waals surface area contributed by atoms with E-state index in [1.807, 2.05) is 6.92 Å². The Hall–Kier alpha value is -1.14. The number of ether oxygens (including phenoxy) is 1. The minimum atomic E-state index is -0.135. The smallest absolute Gasteiger partial charge is 0.316 e. The lowest BCUT2D eigenvalue weighted by molar-refractivity contribution is 0.104. The predicted octanol–water partition coefficient (Wildman–Crippen LogP) is 2.11. The average Bonchev–Trinajstić information content (AvgIpc) is 2.95. The Morgan fingerprint density at radius 2 is 2.26 bits per heavy atom. The minimum Gasteiger partial charge on any atom is -0.406 e. The molecular formula is C13H24N4O2. The molecule has 108 valence electrons. The fourth-order valence-electron chi connectivity index (χ4n) is 2.15. The van der Waals surface area contributed by atoms with Gasteiger partial charge in [0, 0.05) is 6.61 Å². The highest BCUT2D eigenvalue weighted by molar-refractivity contribution is 5.26. The molecule has 0 spiro atoms. The standard InChI is InChI=1S/C13H24N4O2/c1-5-7-14-9(2)11-16-17-12(19-11)15-13(4)6-8-18-10(13)3/h9-10,14H,5-8H2,1-4H3,(H,15,17). The molecule has 2 N–H and O–H groups in total. The maximum Gasteiger partial charge on any atom is 0.316 e. The Bertz CT molecular complexity index is 409. The van der Waals surface area contributed by atoms with Crippen LogP contribution in [-0.4, -0.2) is 35.0 Å². The van der Waals surface area contributed by atoms with E-state index in [0.29, 0.717) is 11.9 Å². The van der Waals surface area contributed by atoms with Crippen molar-refractivity contribution in [3.8, 4) is 0 Å². The summed E-state index contributed by atoms with van der Waals surface area (Å²) >= 11 is 0. The molecule has 2 rings (SSSR count). The molecule has 3 atom stereocenters. The number of anilines is 1. The molecule has 1 saturated heterocycles. The van der Waals surface area contributed by atoms with E-state index in [9.17, 15) is 0 Å². The van der Waals surface area contributed by atoms with Crippen LogP contribution in [0, 0.1) is 0 Å². The van der Waals surface area contributed by atoms with Crippen molar-refractivity contribution >= 4 is 6.01 Å². The summed E-state index contributed by atoms with van der Waals surface area (Å²) in [5.41, 5.74) is -0.135. The zero-order chi connectivity index (χ0) is 13.9. The summed E-state index contributed by atoms with van der Waals surface area (Å²) in [5.74, 6) is 0.617. The highest BCUT2D eigenvalue weighted by Crippen LogP contribution is 2.29. The molecule has 0 aliphatic carbocycles. The van der Waals surface area contributed by atoms with E-state index in [0.717, 1.165) is 26.0 Å². The summed E-state index contributed by atoms with van der Waals surface area (Å²) in [7, 11) is 0. The van der Waals surface area contributed by atoms with Gasteiger partial charge in [0.1, 0.15) is 0 Å². The fourth-order valence-corrected chi connectivity index (χ4v) is 2.15. The highest BCUT2D eigenvalue weighted by atomic mass is 16.5. The van der Waals surface area contributed by atoms with Crippen LogP contribution in [0.2, 0.25) is 0 Å². The van der Waals surface area contributed by atoms with Gasteiger partial charge in [-0.25, -0.2) is 0 Å². The molecule has 0 bridgehead atoms. The van der Waals surface area contributed by atoms with Crippen molar-refractivity contribution in [2.75, 3.05) is 18.5 Å². The third-order valence-electron chi connectivity index (χ3n) is 3.79. The second kappa shape index (κ2) is 5.88. The van der Waals surface area contributed by atoms with Gasteiger partial charge in [-0.3, -0.25) is 0 Å². The zero-order valence-corrected chi connectivity index (χ0v) is 12.2. The Kier molecular flexibility index (Phi) is 4.42. The lowest BCUT2D eigenvalue weighted by Gasteiger charge is -2.27. The van der Waals surface area contributed by atoms with Crippen molar-refractivity contribution in [1.82, 2.24) is 15.5 Å². The monoisotopic (exact) mass is 268 g/mol. The first-order valence-corrected chi connectivity index (χ1v) is 7.01. The summed E-state index contributed by atoms with van der Waals surface area (Å²) < 4.78 is 11.2. The summed E-state index contributed by atoms with van der Waals surface area (Å²) in [6.07, 6.45) is 2.16. The second-order valence-electron chi connectivity index (χ2n) is 5.43. The van der Waals surface area contributed by atoms with Gasteiger partial charge in [-0.2, -0.15) is 0 Å². The first kappa shape index (κ1) is 14.3. The van der Waals surface area contributed by atoms with Crippen LogP contribution in [0.5, 0.6) is 0 Å². The van der Waals surface area contributed by atoms with E-state index < -0.39 is 0 Å². The number of hydrogen-bond donors (Lipinski definition) is 2. The third-order valence-corrected chi connectivity index (χ3v) is 3.79. The molecule has 6 heteroatoms. The van der Waals surface area contributed by atoms with E-state index in [1.165, 1.54) is 0 Å². The number of rotatable bonds is 6. The van der Waals surface area contributed by atoms with Crippen LogP contribution in [0.15, 0.2) is 4.42 Å². The Morgan fingerprint density at radius 1 is 1.47 bits per heavy atom. The molecule has 0 saturated carbocycles. The SMILES string of the molecule is CCCNC(C)c1nnc(NC2(C)CCOC2C)o1. The van der Waals surface area contributed by atoms with Crippen molar-refractivity contribution in [3.05, 3.63) is 5.89 Å². The molecule has 19 heavy (non-hydrogen) atoms. The molecule has 1 aromatic rings. The van der Waals surface area contributed by atoms with Gasteiger partial charge in [0.2, 0.25) is 5.89 Å². The maximum atomic E-state index is 5.67. The summed E-state index contributed by atoms with van der Waals surface area (Å²) in [5, 5.41) is 14.8. The van der Waals surface area contributed by atoms with Crippen LogP contribution in [-0.2, 0) is 4.74 Å². The average molecular weight is 268 g/mol. The first-order valence-electron chi connectivity index (χ1n) is 7.01. The molecule has 6 nitrogen and oxygen atoms in total. The van der Waals surface area contributed by atoms with E-state index in [4.69, 9.17) is 9.15 Å². The van der Waals surface area contributed by atoms with Crippen molar-refractivity contribution in [3.63, 3.8) is 0 Å². The number of hydrogen-bond acceptors (Lipinski definition) is 6. The van der Waals surface area contributed by atoms with E-state index in [-0.39, 0.29) is 17.7 Å². The molecule has 1 fully saturated rings. The maximum absolute atomic E-state index is 5.67. The topological polar surface area (TPSA) is 72.2 Å². The van der Waals surface area contributed by atoms with Gasteiger partial charge >= 0.3 is 6.01 Å². The van der Waals surface area contributed by atoms with Crippen LogP contribution in [0.3, 0.4) is 0 Å². The molecule has 0 aromatic carbocycles. The number of nitrogens with one attached hydrogen (secondary N) is 2. The van der Waals surface area contributed by atoms with Crippen LogP contribution in [0.25, 0.3) is 0 Å². The molecule has 3 unspecified atom stereocenters. The molecule has 1 aromatic heterocycles. The Balaban J connectivity index is 1.97. The van der Waals surface area contributed by atoms with Crippen molar-refractivity contribution in [1.29, 1.82) is 0 Å². The second-order valence-corrected chi connectivity index (χ2v) is 5.43. The zero-order valence-electron chi connectivity index (χ0n) is 12.2. The fraction of sp³-hybridized carbons (Fsp3) is 0.846. The van der Waals surface area contributed by atoms with Crippen molar-refractivity contribution in [2.24, 2.45) is 0 Å². The minimum absolute atomic E-state index is 0.0769. The molecular weight excluding hydrogens is 244 g/mol. The molecule has 1 aliphatic heterocycles. The van der Waals surface area contributed by atoms with Crippen molar-refractivity contribution < 1.29 is 9.15 Å². The number of nitrogens with zero attached hydrogens (tertiary/aromatic N) is 2. The molecule has 0 radical (unpaired) electrons. The van der Waals surface area contributed by atoms with Gasteiger partial charge in [-0.1, -0.05) is 12.0 Å². The van der Waals surface area contributed by atoms with Gasteiger partial charge < -0.3 is 19.8 Å². The third kappa shape index (κ3) is 3.25. The quantitative estimate of drug-likeness (QED) is 0.823. The lowest BCUT2D eigenvalue weighted by Crippen LogP contribution is -2.41. The van der Waals surface area contributed by atoms with E-state index in [1.54, 1.807) is 0 Å². The molecule has 0 amide bonds. The summed E-state index contributed by atoms with van der Waals surface area (Å²) in [6.45, 7) is 10.0. The molecule has 1 aliphatic rings. The van der Waals surface area contributed by atoms with E-state index >= 15 is 0 Å². The largest absolute Gasteiger partial charge is 0.406 e. The lowest BCUT2D eigenvalue weighted by atomic mass is 9.95. The number of aromatic nitrogens is 2. The van der Waals surface area contributed by atoms with E-state index in [2.05, 4.69) is 41.6 Å². The Labute approximate surface area is 114 Å². The van der Waals surface area contributed by atoms with Crippen LogP contribution in [0.1, 0.15) is 52.5 Å². The summed E-state index contributed by atoms with van der Waals surface area (Å²) in [4.78, 5) is 0. The Morgan fingerprint density at radius 3 is 2.89 bits per heavy atom. The van der Waals surface area contributed by atoms with Gasteiger partial charge in [-0.05, 0) is 40.2 Å². The van der Waals surface area contributed by atoms with Gasteiger partial charge in [0.05, 0.1) is 17.7 Å². The first-order chi connectivity index (χ1) is 9.05. The molecule has 2 heterocycles. The van der Waals surface area contributed by atoms with Crippen LogP contribution < -0.4 is 10.6 Å². The normalized spacial score (nSPS) is 28.5. The highest BCUT2D eigenvalue weighted by Gasteiger charge is 2.38.